The van der Waals surface area contributed by atoms with Crippen LogP contribution in [0.25, 0.3) is 10.9 Å². The Morgan fingerprint density at radius 1 is 1.35 bits per heavy atom. The zero-order chi connectivity index (χ0) is 16.6. The number of nitrogens with one attached hydrogen (secondary N) is 1. The number of fused-ring (bicyclic) bond motifs is 1. The third-order valence-corrected chi connectivity index (χ3v) is 4.18. The van der Waals surface area contributed by atoms with Crippen molar-refractivity contribution in [1.29, 1.82) is 5.26 Å². The molecule has 0 aliphatic heterocycles. The molecule has 0 saturated heterocycles. The molecule has 0 atom stereocenters. The lowest BCUT2D eigenvalue weighted by Crippen LogP contribution is -2.12. The molecule has 0 fully saturated rings. The molecule has 1 N–H and O–H groups in total. The van der Waals surface area contributed by atoms with E-state index in [0.717, 1.165) is 10.9 Å². The lowest BCUT2D eigenvalue weighted by atomic mass is 10.1. The van der Waals surface area contributed by atoms with Crippen LogP contribution in [0.5, 0.6) is 0 Å². The molecule has 0 unspecified atom stereocenters. The Morgan fingerprint density at radius 3 is 2.87 bits per heavy atom. The van der Waals surface area contributed by atoms with Crippen molar-refractivity contribution >= 4 is 22.6 Å². The minimum Gasteiger partial charge on any atom is -0.348 e. The van der Waals surface area contributed by atoms with Crippen LogP contribution in [0.3, 0.4) is 0 Å². The van der Waals surface area contributed by atoms with Crippen LogP contribution in [0, 0.1) is 25.2 Å². The average molecular weight is 307 g/mol. The maximum atomic E-state index is 12.4. The Hall–Kier alpha value is -3.07. The van der Waals surface area contributed by atoms with E-state index in [1.54, 1.807) is 12.3 Å². The van der Waals surface area contributed by atoms with Gasteiger partial charge in [-0.1, -0.05) is 0 Å². The van der Waals surface area contributed by atoms with Crippen LogP contribution in [-0.2, 0) is 13.6 Å². The van der Waals surface area contributed by atoms with Crippen molar-refractivity contribution < 1.29 is 4.79 Å². The van der Waals surface area contributed by atoms with Gasteiger partial charge in [-0.2, -0.15) is 10.4 Å². The Balaban J connectivity index is 1.88. The Kier molecular flexibility index (Phi) is 3.62. The Morgan fingerprint density at radius 2 is 2.13 bits per heavy atom. The number of benzene rings is 1. The molecular weight excluding hydrogens is 290 g/mol. The van der Waals surface area contributed by atoms with Gasteiger partial charge < -0.3 is 9.88 Å². The van der Waals surface area contributed by atoms with Gasteiger partial charge in [0, 0.05) is 41.5 Å². The molecule has 3 rings (SSSR count). The number of nitriles is 1. The van der Waals surface area contributed by atoms with E-state index in [0.29, 0.717) is 11.4 Å². The third kappa shape index (κ3) is 2.57. The Labute approximate surface area is 133 Å². The van der Waals surface area contributed by atoms with E-state index in [-0.39, 0.29) is 12.5 Å². The second-order valence-corrected chi connectivity index (χ2v) is 5.51. The first kappa shape index (κ1) is 14.9. The number of aromatic nitrogens is 3. The quantitative estimate of drug-likeness (QED) is 0.808. The number of nitrogens with zero attached hydrogens (tertiary/aromatic N) is 4. The van der Waals surface area contributed by atoms with Gasteiger partial charge in [-0.05, 0) is 37.6 Å². The summed E-state index contributed by atoms with van der Waals surface area (Å²) in [5.41, 5.74) is 4.05. The van der Waals surface area contributed by atoms with Gasteiger partial charge in [0.25, 0.3) is 5.91 Å². The van der Waals surface area contributed by atoms with Crippen LogP contribution in [0.2, 0.25) is 0 Å². The van der Waals surface area contributed by atoms with Crippen molar-refractivity contribution in [3.63, 3.8) is 0 Å². The summed E-state index contributed by atoms with van der Waals surface area (Å²) in [6.45, 7) is 4.28. The summed E-state index contributed by atoms with van der Waals surface area (Å²) in [6, 6.07) is 9.34. The van der Waals surface area contributed by atoms with E-state index >= 15 is 0 Å². The molecule has 23 heavy (non-hydrogen) atoms. The number of hydrogen-bond acceptors (Lipinski definition) is 3. The molecule has 3 aromatic rings. The molecule has 0 spiro atoms. The number of anilines is 1. The molecule has 1 aromatic carbocycles. The SMILES string of the molecule is Cc1c(C)n(C)c2ccc(C(=O)Nc3ccn(CC#N)n3)cc12. The molecule has 0 radical (unpaired) electrons. The van der Waals surface area contributed by atoms with Crippen LogP contribution in [0.15, 0.2) is 30.5 Å². The van der Waals surface area contributed by atoms with Crippen molar-refractivity contribution in [2.45, 2.75) is 20.4 Å². The van der Waals surface area contributed by atoms with E-state index < -0.39 is 0 Å². The zero-order valence-electron chi connectivity index (χ0n) is 13.3. The average Bonchev–Trinajstić information content (AvgIpc) is 3.07. The summed E-state index contributed by atoms with van der Waals surface area (Å²) < 4.78 is 3.60. The highest BCUT2D eigenvalue weighted by Gasteiger charge is 2.13. The summed E-state index contributed by atoms with van der Waals surface area (Å²) in [5, 5.41) is 16.6. The van der Waals surface area contributed by atoms with Gasteiger partial charge in [-0.15, -0.1) is 0 Å². The van der Waals surface area contributed by atoms with Crippen molar-refractivity contribution in [2.24, 2.45) is 7.05 Å². The second kappa shape index (κ2) is 5.61. The third-order valence-electron chi connectivity index (χ3n) is 4.18. The normalized spacial score (nSPS) is 10.7. The number of carbonyl (C=O) groups is 1. The van der Waals surface area contributed by atoms with Gasteiger partial charge in [-0.25, -0.2) is 0 Å². The molecule has 1 amide bonds. The number of carbonyl (C=O) groups excluding carboxylic acids is 1. The predicted octanol–water partition coefficient (Wildman–Crippen LogP) is 2.77. The molecule has 0 aliphatic rings. The van der Waals surface area contributed by atoms with E-state index in [9.17, 15) is 4.79 Å². The van der Waals surface area contributed by atoms with Crippen LogP contribution >= 0.6 is 0 Å². The van der Waals surface area contributed by atoms with Gasteiger partial charge in [0.1, 0.15) is 6.54 Å². The zero-order valence-corrected chi connectivity index (χ0v) is 13.3. The largest absolute Gasteiger partial charge is 0.348 e. The summed E-state index contributed by atoms with van der Waals surface area (Å²) in [4.78, 5) is 12.4. The van der Waals surface area contributed by atoms with Gasteiger partial charge >= 0.3 is 0 Å². The number of amides is 1. The molecule has 2 heterocycles. The number of hydrogen-bond donors (Lipinski definition) is 1. The smallest absolute Gasteiger partial charge is 0.256 e. The fourth-order valence-corrected chi connectivity index (χ4v) is 2.67. The molecule has 0 saturated carbocycles. The predicted molar refractivity (Wildman–Crippen MR) is 88.2 cm³/mol. The minimum absolute atomic E-state index is 0.157. The van der Waals surface area contributed by atoms with E-state index in [1.807, 2.05) is 31.3 Å². The van der Waals surface area contributed by atoms with Crippen molar-refractivity contribution in [3.05, 3.63) is 47.3 Å². The summed E-state index contributed by atoms with van der Waals surface area (Å²) >= 11 is 0. The lowest BCUT2D eigenvalue weighted by Gasteiger charge is -2.03. The fraction of sp³-hybridized carbons (Fsp3) is 0.235. The van der Waals surface area contributed by atoms with E-state index in [1.165, 1.54) is 15.9 Å². The number of aryl methyl sites for hydroxylation is 2. The molecule has 6 nitrogen and oxygen atoms in total. The standard InChI is InChI=1S/C17H17N5O/c1-11-12(2)21(3)15-5-4-13(10-14(11)15)17(23)19-16-6-8-22(20-16)9-7-18/h4-6,8,10H,9H2,1-3H3,(H,19,20,23). The maximum absolute atomic E-state index is 12.4. The van der Waals surface area contributed by atoms with Crippen LogP contribution < -0.4 is 5.32 Å². The van der Waals surface area contributed by atoms with E-state index in [4.69, 9.17) is 5.26 Å². The first-order chi connectivity index (χ1) is 11.0. The molecule has 6 heteroatoms. The molecule has 2 aromatic heterocycles. The van der Waals surface area contributed by atoms with Gasteiger partial charge in [-0.3, -0.25) is 9.48 Å². The monoisotopic (exact) mass is 307 g/mol. The maximum Gasteiger partial charge on any atom is 0.256 e. The minimum atomic E-state index is -0.213. The molecule has 116 valence electrons. The van der Waals surface area contributed by atoms with Crippen LogP contribution in [0.4, 0.5) is 5.82 Å². The van der Waals surface area contributed by atoms with Gasteiger partial charge in [0.2, 0.25) is 0 Å². The summed E-state index contributed by atoms with van der Waals surface area (Å²) in [6.07, 6.45) is 1.66. The molecule has 0 aliphatic carbocycles. The Bertz CT molecular complexity index is 942. The summed E-state index contributed by atoms with van der Waals surface area (Å²) in [7, 11) is 2.02. The first-order valence-corrected chi connectivity index (χ1v) is 7.28. The van der Waals surface area contributed by atoms with Gasteiger partial charge in [0.05, 0.1) is 6.07 Å². The second-order valence-electron chi connectivity index (χ2n) is 5.51. The van der Waals surface area contributed by atoms with Crippen molar-refractivity contribution in [1.82, 2.24) is 14.3 Å². The molecule has 0 bridgehead atoms. The van der Waals surface area contributed by atoms with E-state index in [2.05, 4.69) is 28.8 Å². The lowest BCUT2D eigenvalue weighted by molar-refractivity contribution is 0.102. The highest BCUT2D eigenvalue weighted by Crippen LogP contribution is 2.25. The highest BCUT2D eigenvalue weighted by molar-refractivity contribution is 6.06. The summed E-state index contributed by atoms with van der Waals surface area (Å²) in [5.74, 6) is 0.223. The number of rotatable bonds is 3. The van der Waals surface area contributed by atoms with Crippen molar-refractivity contribution in [2.75, 3.05) is 5.32 Å². The van der Waals surface area contributed by atoms with Crippen LogP contribution in [-0.4, -0.2) is 20.3 Å². The fourth-order valence-electron chi connectivity index (χ4n) is 2.67. The van der Waals surface area contributed by atoms with Crippen molar-refractivity contribution in [3.8, 4) is 6.07 Å². The topological polar surface area (TPSA) is 75.6 Å². The first-order valence-electron chi connectivity index (χ1n) is 7.28. The van der Waals surface area contributed by atoms with Gasteiger partial charge in [0.15, 0.2) is 5.82 Å². The van der Waals surface area contributed by atoms with Crippen LogP contribution in [0.1, 0.15) is 21.6 Å². The molecular formula is C17H17N5O. The highest BCUT2D eigenvalue weighted by atomic mass is 16.1.